The fraction of sp³-hybridized carbons (Fsp3) is 0.318. The summed E-state index contributed by atoms with van der Waals surface area (Å²) in [6.45, 7) is 8.14. The molecule has 140 valence electrons. The minimum Gasteiger partial charge on any atom is -0.421 e. The molecule has 0 aliphatic rings. The summed E-state index contributed by atoms with van der Waals surface area (Å²) in [6, 6.07) is 14.1. The molecular formula is C22H25N3O2. The number of carbonyl (C=O) groups is 1. The number of nitrogens with zero attached hydrogens (tertiary/aromatic N) is 2. The molecule has 27 heavy (non-hydrogen) atoms. The summed E-state index contributed by atoms with van der Waals surface area (Å²) in [5.41, 5.74) is 5.56. The highest BCUT2D eigenvalue weighted by molar-refractivity contribution is 5.76. The van der Waals surface area contributed by atoms with Crippen molar-refractivity contribution in [3.63, 3.8) is 0 Å². The molecule has 1 N–H and O–H groups in total. The highest BCUT2D eigenvalue weighted by atomic mass is 16.4. The third-order valence-electron chi connectivity index (χ3n) is 4.61. The molecule has 5 heteroatoms. The molecule has 3 aromatic rings. The first-order chi connectivity index (χ1) is 12.9. The van der Waals surface area contributed by atoms with Crippen LogP contribution in [0.1, 0.15) is 47.5 Å². The maximum Gasteiger partial charge on any atom is 0.247 e. The summed E-state index contributed by atoms with van der Waals surface area (Å²) in [6.07, 6.45) is 0.731. The van der Waals surface area contributed by atoms with E-state index < -0.39 is 0 Å². The second kappa shape index (κ2) is 8.16. The SMILES string of the molecule is Cc1ccc(-c2nnc(CCC(=O)NC(C)c3cc(C)ccc3C)o2)cc1. The van der Waals surface area contributed by atoms with Crippen LogP contribution in [-0.2, 0) is 11.2 Å². The van der Waals surface area contributed by atoms with Gasteiger partial charge in [-0.15, -0.1) is 10.2 Å². The predicted molar refractivity (Wildman–Crippen MR) is 105 cm³/mol. The van der Waals surface area contributed by atoms with Crippen molar-refractivity contribution in [1.29, 1.82) is 0 Å². The van der Waals surface area contributed by atoms with Gasteiger partial charge in [0.25, 0.3) is 0 Å². The van der Waals surface area contributed by atoms with E-state index in [0.717, 1.165) is 11.1 Å². The van der Waals surface area contributed by atoms with Crippen LogP contribution in [0.4, 0.5) is 0 Å². The molecule has 0 fully saturated rings. The van der Waals surface area contributed by atoms with Gasteiger partial charge in [0.1, 0.15) is 0 Å². The number of aryl methyl sites for hydroxylation is 4. The molecule has 0 spiro atoms. The van der Waals surface area contributed by atoms with Gasteiger partial charge in [0.2, 0.25) is 17.7 Å². The van der Waals surface area contributed by atoms with Gasteiger partial charge in [-0.2, -0.15) is 0 Å². The number of nitrogens with one attached hydrogen (secondary N) is 1. The van der Waals surface area contributed by atoms with E-state index in [1.165, 1.54) is 16.7 Å². The summed E-state index contributed by atoms with van der Waals surface area (Å²) >= 11 is 0. The van der Waals surface area contributed by atoms with Crippen molar-refractivity contribution in [3.05, 3.63) is 70.6 Å². The molecule has 0 saturated carbocycles. The minimum atomic E-state index is -0.0387. The number of hydrogen-bond donors (Lipinski definition) is 1. The topological polar surface area (TPSA) is 68.0 Å². The molecule has 2 aromatic carbocycles. The molecule has 0 bridgehead atoms. The lowest BCUT2D eigenvalue weighted by atomic mass is 10.00. The number of benzene rings is 2. The van der Waals surface area contributed by atoms with Crippen LogP contribution < -0.4 is 5.32 Å². The van der Waals surface area contributed by atoms with Gasteiger partial charge in [-0.1, -0.05) is 41.5 Å². The lowest BCUT2D eigenvalue weighted by Crippen LogP contribution is -2.27. The summed E-state index contributed by atoms with van der Waals surface area (Å²) in [7, 11) is 0. The van der Waals surface area contributed by atoms with Crippen molar-refractivity contribution in [1.82, 2.24) is 15.5 Å². The Morgan fingerprint density at radius 2 is 1.74 bits per heavy atom. The van der Waals surface area contributed by atoms with Gasteiger partial charge in [-0.3, -0.25) is 4.79 Å². The summed E-state index contributed by atoms with van der Waals surface area (Å²) in [4.78, 5) is 12.3. The first-order valence-corrected chi connectivity index (χ1v) is 9.18. The summed E-state index contributed by atoms with van der Waals surface area (Å²) in [5.74, 6) is 0.924. The highest BCUT2D eigenvalue weighted by Gasteiger charge is 2.14. The van der Waals surface area contributed by atoms with Crippen molar-refractivity contribution in [3.8, 4) is 11.5 Å². The number of hydrogen-bond acceptors (Lipinski definition) is 4. The Labute approximate surface area is 159 Å². The molecule has 3 rings (SSSR count). The van der Waals surface area contributed by atoms with E-state index in [9.17, 15) is 4.79 Å². The Morgan fingerprint density at radius 1 is 1.04 bits per heavy atom. The molecule has 0 saturated heterocycles. The van der Waals surface area contributed by atoms with Gasteiger partial charge in [0.05, 0.1) is 6.04 Å². The van der Waals surface area contributed by atoms with Crippen LogP contribution in [-0.4, -0.2) is 16.1 Å². The van der Waals surface area contributed by atoms with E-state index in [2.05, 4.69) is 47.6 Å². The first kappa shape index (κ1) is 18.8. The number of carbonyl (C=O) groups excluding carboxylic acids is 1. The number of rotatable bonds is 6. The Morgan fingerprint density at radius 3 is 2.48 bits per heavy atom. The maximum absolute atomic E-state index is 12.3. The Balaban J connectivity index is 1.56. The molecule has 1 atom stereocenters. The van der Waals surface area contributed by atoms with E-state index >= 15 is 0 Å². The van der Waals surface area contributed by atoms with E-state index in [1.807, 2.05) is 38.1 Å². The molecule has 0 radical (unpaired) electrons. The van der Waals surface area contributed by atoms with Gasteiger partial charge < -0.3 is 9.73 Å². The zero-order valence-electron chi connectivity index (χ0n) is 16.2. The average Bonchev–Trinajstić information content (AvgIpc) is 3.11. The second-order valence-corrected chi connectivity index (χ2v) is 7.02. The van der Waals surface area contributed by atoms with Gasteiger partial charge in [-0.05, 0) is 51.0 Å². The lowest BCUT2D eigenvalue weighted by Gasteiger charge is -2.17. The molecule has 5 nitrogen and oxygen atoms in total. The summed E-state index contributed by atoms with van der Waals surface area (Å²) < 4.78 is 5.68. The zero-order chi connectivity index (χ0) is 19.4. The fourth-order valence-corrected chi connectivity index (χ4v) is 3.01. The molecule has 0 aliphatic heterocycles. The molecule has 1 aromatic heterocycles. The maximum atomic E-state index is 12.3. The average molecular weight is 363 g/mol. The van der Waals surface area contributed by atoms with Crippen LogP contribution in [0.25, 0.3) is 11.5 Å². The van der Waals surface area contributed by atoms with E-state index in [4.69, 9.17) is 4.42 Å². The third kappa shape index (κ3) is 4.82. The summed E-state index contributed by atoms with van der Waals surface area (Å²) in [5, 5.41) is 11.2. The van der Waals surface area contributed by atoms with Crippen LogP contribution in [0.3, 0.4) is 0 Å². The Kier molecular flexibility index (Phi) is 5.69. The van der Waals surface area contributed by atoms with Crippen LogP contribution in [0.2, 0.25) is 0 Å². The minimum absolute atomic E-state index is 0.0292. The fourth-order valence-electron chi connectivity index (χ4n) is 3.01. The standard InChI is InChI=1S/C22H25N3O2/c1-14-6-9-18(10-7-14)22-25-24-21(27-22)12-11-20(26)23-17(4)19-13-15(2)5-8-16(19)3/h5-10,13,17H,11-12H2,1-4H3,(H,23,26). The van der Waals surface area contributed by atoms with Crippen molar-refractivity contribution in [2.75, 3.05) is 0 Å². The highest BCUT2D eigenvalue weighted by Crippen LogP contribution is 2.20. The molecule has 1 unspecified atom stereocenters. The second-order valence-electron chi connectivity index (χ2n) is 7.02. The van der Waals surface area contributed by atoms with Crippen molar-refractivity contribution in [2.45, 2.75) is 46.6 Å². The largest absolute Gasteiger partial charge is 0.421 e. The van der Waals surface area contributed by atoms with Gasteiger partial charge in [-0.25, -0.2) is 0 Å². The smallest absolute Gasteiger partial charge is 0.247 e. The van der Waals surface area contributed by atoms with Crippen LogP contribution in [0.15, 0.2) is 46.9 Å². The number of aromatic nitrogens is 2. The van der Waals surface area contributed by atoms with E-state index in [-0.39, 0.29) is 11.9 Å². The van der Waals surface area contributed by atoms with Gasteiger partial charge in [0, 0.05) is 18.4 Å². The monoisotopic (exact) mass is 363 g/mol. The quantitative estimate of drug-likeness (QED) is 0.701. The van der Waals surface area contributed by atoms with Crippen LogP contribution in [0, 0.1) is 20.8 Å². The Bertz CT molecular complexity index is 929. The third-order valence-corrected chi connectivity index (χ3v) is 4.61. The predicted octanol–water partition coefficient (Wildman–Crippen LogP) is 4.47. The van der Waals surface area contributed by atoms with Crippen molar-refractivity contribution >= 4 is 5.91 Å². The van der Waals surface area contributed by atoms with Crippen LogP contribution >= 0.6 is 0 Å². The number of amides is 1. The molecular weight excluding hydrogens is 338 g/mol. The normalized spacial score (nSPS) is 12.0. The van der Waals surface area contributed by atoms with Gasteiger partial charge >= 0.3 is 0 Å². The van der Waals surface area contributed by atoms with Crippen molar-refractivity contribution in [2.24, 2.45) is 0 Å². The van der Waals surface area contributed by atoms with Gasteiger partial charge in [0.15, 0.2) is 0 Å². The van der Waals surface area contributed by atoms with Crippen LogP contribution in [0.5, 0.6) is 0 Å². The van der Waals surface area contributed by atoms with E-state index in [1.54, 1.807) is 0 Å². The molecule has 0 aliphatic carbocycles. The molecule has 1 amide bonds. The first-order valence-electron chi connectivity index (χ1n) is 9.18. The lowest BCUT2D eigenvalue weighted by molar-refractivity contribution is -0.121. The van der Waals surface area contributed by atoms with E-state index in [0.29, 0.717) is 24.6 Å². The Hall–Kier alpha value is -2.95. The molecule has 1 heterocycles. The van der Waals surface area contributed by atoms with Crippen molar-refractivity contribution < 1.29 is 9.21 Å². The zero-order valence-corrected chi connectivity index (χ0v) is 16.2.